The Bertz CT molecular complexity index is 825. The minimum atomic E-state index is -0.639. The maximum absolute atomic E-state index is 14.5. The van der Waals surface area contributed by atoms with E-state index in [-0.39, 0.29) is 5.69 Å². The van der Waals surface area contributed by atoms with Crippen LogP contribution >= 0.6 is 11.6 Å². The molecule has 0 saturated heterocycles. The fourth-order valence-electron chi connectivity index (χ4n) is 2.39. The van der Waals surface area contributed by atoms with Crippen LogP contribution in [-0.4, -0.2) is 9.55 Å². The third-order valence-corrected chi connectivity index (χ3v) is 3.62. The summed E-state index contributed by atoms with van der Waals surface area (Å²) in [6, 6.07) is 9.86. The van der Waals surface area contributed by atoms with Crippen molar-refractivity contribution in [1.29, 1.82) is 0 Å². The summed E-state index contributed by atoms with van der Waals surface area (Å²) in [6.45, 7) is 3.33. The molecule has 21 heavy (non-hydrogen) atoms. The summed E-state index contributed by atoms with van der Waals surface area (Å²) in [6.07, 6.45) is 0. The molecule has 1 atom stereocenters. The van der Waals surface area contributed by atoms with Crippen LogP contribution in [0.3, 0.4) is 0 Å². The number of imidazole rings is 1. The van der Waals surface area contributed by atoms with Gasteiger partial charge in [-0.25, -0.2) is 13.8 Å². The van der Waals surface area contributed by atoms with Gasteiger partial charge in [0.1, 0.15) is 17.3 Å². The van der Waals surface area contributed by atoms with Gasteiger partial charge in [-0.1, -0.05) is 18.2 Å². The van der Waals surface area contributed by atoms with E-state index in [1.165, 1.54) is 16.7 Å². The molecule has 1 heterocycles. The zero-order valence-corrected chi connectivity index (χ0v) is 12.3. The van der Waals surface area contributed by atoms with Crippen molar-refractivity contribution >= 4 is 22.6 Å². The zero-order valence-electron chi connectivity index (χ0n) is 11.6. The molecule has 0 radical (unpaired) electrons. The van der Waals surface area contributed by atoms with Gasteiger partial charge in [-0.2, -0.15) is 0 Å². The van der Waals surface area contributed by atoms with Gasteiger partial charge in [0.15, 0.2) is 5.82 Å². The number of hydrogen-bond acceptors (Lipinski definition) is 1. The highest BCUT2D eigenvalue weighted by Crippen LogP contribution is 2.31. The van der Waals surface area contributed by atoms with E-state index in [2.05, 4.69) is 4.98 Å². The second-order valence-corrected chi connectivity index (χ2v) is 5.59. The largest absolute Gasteiger partial charge is 0.290 e. The maximum atomic E-state index is 14.5. The molecule has 2 nitrogen and oxygen atoms in total. The molecule has 2 aromatic carbocycles. The first-order valence-corrected chi connectivity index (χ1v) is 7.00. The SMILES string of the molecule is Cc1ccc(F)c(-n2c(C(C)Cl)nc3ccccc32)c1F. The second kappa shape index (κ2) is 5.11. The highest BCUT2D eigenvalue weighted by atomic mass is 35.5. The Labute approximate surface area is 126 Å². The van der Waals surface area contributed by atoms with Gasteiger partial charge in [-0.05, 0) is 37.6 Å². The Balaban J connectivity index is 2.45. The number of benzene rings is 2. The molecule has 0 saturated carbocycles. The molecular weight excluding hydrogens is 294 g/mol. The van der Waals surface area contributed by atoms with Gasteiger partial charge in [0, 0.05) is 0 Å². The maximum Gasteiger partial charge on any atom is 0.153 e. The molecule has 0 amide bonds. The van der Waals surface area contributed by atoms with Crippen LogP contribution < -0.4 is 0 Å². The first-order chi connectivity index (χ1) is 10.0. The van der Waals surface area contributed by atoms with Gasteiger partial charge in [0.05, 0.1) is 16.4 Å². The topological polar surface area (TPSA) is 17.8 Å². The van der Waals surface area contributed by atoms with Gasteiger partial charge in [-0.3, -0.25) is 4.57 Å². The summed E-state index contributed by atoms with van der Waals surface area (Å²) in [5.74, 6) is -0.821. The van der Waals surface area contributed by atoms with Crippen molar-refractivity contribution in [2.45, 2.75) is 19.2 Å². The van der Waals surface area contributed by atoms with Crippen LogP contribution in [0.5, 0.6) is 0 Å². The van der Waals surface area contributed by atoms with E-state index >= 15 is 0 Å². The molecule has 0 aliphatic carbocycles. The van der Waals surface area contributed by atoms with Gasteiger partial charge < -0.3 is 0 Å². The number of nitrogens with zero attached hydrogens (tertiary/aromatic N) is 2. The Kier molecular flexibility index (Phi) is 3.41. The lowest BCUT2D eigenvalue weighted by atomic mass is 10.2. The minimum Gasteiger partial charge on any atom is -0.290 e. The lowest BCUT2D eigenvalue weighted by Crippen LogP contribution is -2.07. The molecule has 0 N–H and O–H groups in total. The number of halogens is 3. The van der Waals surface area contributed by atoms with Gasteiger partial charge >= 0.3 is 0 Å². The van der Waals surface area contributed by atoms with Crippen molar-refractivity contribution in [2.24, 2.45) is 0 Å². The van der Waals surface area contributed by atoms with Crippen molar-refractivity contribution in [3.63, 3.8) is 0 Å². The normalized spacial score (nSPS) is 12.8. The summed E-state index contributed by atoms with van der Waals surface area (Å²) in [7, 11) is 0. The molecule has 0 aliphatic heterocycles. The minimum absolute atomic E-state index is 0.133. The third-order valence-electron chi connectivity index (χ3n) is 3.43. The van der Waals surface area contributed by atoms with Gasteiger partial charge in [0.2, 0.25) is 0 Å². The molecule has 1 aromatic heterocycles. The number of fused-ring (bicyclic) bond motifs is 1. The Morgan fingerprint density at radius 2 is 1.86 bits per heavy atom. The monoisotopic (exact) mass is 306 g/mol. The Morgan fingerprint density at radius 3 is 2.57 bits per heavy atom. The Morgan fingerprint density at radius 1 is 1.14 bits per heavy atom. The van der Waals surface area contributed by atoms with Crippen molar-refractivity contribution < 1.29 is 8.78 Å². The molecule has 3 aromatic rings. The fraction of sp³-hybridized carbons (Fsp3) is 0.188. The first-order valence-electron chi connectivity index (χ1n) is 6.57. The van der Waals surface area contributed by atoms with E-state index in [1.807, 2.05) is 6.07 Å². The molecule has 0 spiro atoms. The van der Waals surface area contributed by atoms with Crippen LogP contribution in [0, 0.1) is 18.6 Å². The predicted octanol–water partition coefficient (Wildman–Crippen LogP) is 4.91. The van der Waals surface area contributed by atoms with E-state index in [9.17, 15) is 8.78 Å². The summed E-state index contributed by atoms with van der Waals surface area (Å²) < 4.78 is 30.2. The van der Waals surface area contributed by atoms with Crippen molar-refractivity contribution in [1.82, 2.24) is 9.55 Å². The highest BCUT2D eigenvalue weighted by molar-refractivity contribution is 6.20. The summed E-state index contributed by atoms with van der Waals surface area (Å²) in [4.78, 5) is 4.40. The summed E-state index contributed by atoms with van der Waals surface area (Å²) in [5.41, 5.74) is 1.52. The average molecular weight is 307 g/mol. The van der Waals surface area contributed by atoms with Crippen molar-refractivity contribution in [2.75, 3.05) is 0 Å². The molecule has 1 unspecified atom stereocenters. The number of alkyl halides is 1. The van der Waals surface area contributed by atoms with Gasteiger partial charge in [-0.15, -0.1) is 11.6 Å². The number of para-hydroxylation sites is 2. The standard InChI is InChI=1S/C16H13ClF2N2/c1-9-7-8-11(18)15(14(9)19)21-13-6-4-3-5-12(13)20-16(21)10(2)17/h3-8,10H,1-2H3. The van der Waals surface area contributed by atoms with E-state index in [1.54, 1.807) is 32.0 Å². The van der Waals surface area contributed by atoms with Crippen molar-refractivity contribution in [3.8, 4) is 5.69 Å². The number of aromatic nitrogens is 2. The average Bonchev–Trinajstić information content (AvgIpc) is 2.83. The lowest BCUT2D eigenvalue weighted by Gasteiger charge is -2.13. The molecule has 3 rings (SSSR count). The molecule has 108 valence electrons. The van der Waals surface area contributed by atoms with Crippen LogP contribution in [0.15, 0.2) is 36.4 Å². The van der Waals surface area contributed by atoms with Crippen LogP contribution in [0.4, 0.5) is 8.78 Å². The zero-order chi connectivity index (χ0) is 15.1. The van der Waals surface area contributed by atoms with E-state index < -0.39 is 17.0 Å². The predicted molar refractivity (Wildman–Crippen MR) is 80.0 cm³/mol. The quantitative estimate of drug-likeness (QED) is 0.615. The Hall–Kier alpha value is -1.94. The molecule has 0 aliphatic rings. The first kappa shape index (κ1) is 14.0. The van der Waals surface area contributed by atoms with E-state index in [0.29, 0.717) is 22.4 Å². The van der Waals surface area contributed by atoms with Crippen LogP contribution in [0.1, 0.15) is 23.7 Å². The third kappa shape index (κ3) is 2.20. The van der Waals surface area contributed by atoms with E-state index in [4.69, 9.17) is 11.6 Å². The second-order valence-electron chi connectivity index (χ2n) is 4.94. The van der Waals surface area contributed by atoms with Crippen LogP contribution in [0.2, 0.25) is 0 Å². The number of aryl methyl sites for hydroxylation is 1. The number of rotatable bonds is 2. The number of hydrogen-bond donors (Lipinski definition) is 0. The molecular formula is C16H13ClF2N2. The van der Waals surface area contributed by atoms with Crippen molar-refractivity contribution in [3.05, 3.63) is 59.4 Å². The van der Waals surface area contributed by atoms with Crippen LogP contribution in [0.25, 0.3) is 16.7 Å². The van der Waals surface area contributed by atoms with Crippen LogP contribution in [-0.2, 0) is 0 Å². The molecule has 0 fully saturated rings. The highest BCUT2D eigenvalue weighted by Gasteiger charge is 2.22. The summed E-state index contributed by atoms with van der Waals surface area (Å²) in [5, 5.41) is -0.475. The summed E-state index contributed by atoms with van der Waals surface area (Å²) >= 11 is 6.15. The fourth-order valence-corrected chi connectivity index (χ4v) is 2.54. The van der Waals surface area contributed by atoms with E-state index in [0.717, 1.165) is 0 Å². The molecule has 5 heteroatoms. The lowest BCUT2D eigenvalue weighted by molar-refractivity contribution is 0.562. The molecule has 0 bridgehead atoms. The smallest absolute Gasteiger partial charge is 0.153 e. The van der Waals surface area contributed by atoms with Gasteiger partial charge in [0.25, 0.3) is 0 Å².